The summed E-state index contributed by atoms with van der Waals surface area (Å²) in [7, 11) is 9.84. The van der Waals surface area contributed by atoms with E-state index >= 15 is 0 Å². The smallest absolute Gasteiger partial charge is 0.0701 e. The second kappa shape index (κ2) is 58.3. The van der Waals surface area contributed by atoms with Gasteiger partial charge in [0.1, 0.15) is 0 Å². The predicted molar refractivity (Wildman–Crippen MR) is 238 cm³/mol. The number of likely N-dealkylation sites (N-methyl/N-ethyl adjacent to an activating group) is 2. The SMILES string of the molecule is CNCCC(C)C.CNCCCCCCC(C)C.CNCCCOCCC(C)C.CNCCOCCCC(C)C.CNCCOCCOCCC(C)C. The van der Waals surface area contributed by atoms with Crippen LogP contribution >= 0.6 is 0 Å². The van der Waals surface area contributed by atoms with Gasteiger partial charge in [-0.2, -0.15) is 0 Å². The molecule has 0 aromatic carbocycles. The highest BCUT2D eigenvalue weighted by Crippen LogP contribution is 2.09. The summed E-state index contributed by atoms with van der Waals surface area (Å²) >= 11 is 0. The Labute approximate surface area is 335 Å². The van der Waals surface area contributed by atoms with Gasteiger partial charge >= 0.3 is 0 Å². The maximum atomic E-state index is 5.41. The average Bonchev–Trinajstić information content (AvgIpc) is 3.10. The van der Waals surface area contributed by atoms with Gasteiger partial charge in [-0.25, -0.2) is 0 Å². The highest BCUT2D eigenvalue weighted by Gasteiger charge is 1.96. The highest BCUT2D eigenvalue weighted by atomic mass is 16.5. The summed E-state index contributed by atoms with van der Waals surface area (Å²) in [6.07, 6.45) is 14.2. The van der Waals surface area contributed by atoms with Crippen LogP contribution in [-0.2, 0) is 18.9 Å². The topological polar surface area (TPSA) is 97.1 Å². The lowest BCUT2D eigenvalue weighted by Gasteiger charge is -2.06. The number of nitrogens with one attached hydrogen (secondary N) is 5. The maximum Gasteiger partial charge on any atom is 0.0701 e. The van der Waals surface area contributed by atoms with Crippen molar-refractivity contribution in [2.45, 2.75) is 140 Å². The van der Waals surface area contributed by atoms with Crippen molar-refractivity contribution in [3.63, 3.8) is 0 Å². The highest BCUT2D eigenvalue weighted by molar-refractivity contribution is 4.49. The van der Waals surface area contributed by atoms with Crippen LogP contribution in [0.4, 0.5) is 0 Å². The van der Waals surface area contributed by atoms with Gasteiger partial charge in [-0.3, -0.25) is 0 Å². The molecule has 0 amide bonds. The molecule has 0 unspecified atom stereocenters. The van der Waals surface area contributed by atoms with Crippen molar-refractivity contribution in [1.29, 1.82) is 0 Å². The molecule has 0 aromatic rings. The Hall–Kier alpha value is -0.360. The third-order valence-corrected chi connectivity index (χ3v) is 7.76. The molecule has 0 aliphatic rings. The zero-order valence-corrected chi connectivity index (χ0v) is 39.0. The van der Waals surface area contributed by atoms with Gasteiger partial charge in [0.05, 0.1) is 26.4 Å². The van der Waals surface area contributed by atoms with Crippen molar-refractivity contribution in [3.8, 4) is 0 Å². The molecule has 0 aliphatic heterocycles. The normalized spacial score (nSPS) is 10.9. The van der Waals surface area contributed by atoms with Crippen LogP contribution in [0.25, 0.3) is 0 Å². The minimum atomic E-state index is 0.708. The summed E-state index contributed by atoms with van der Waals surface area (Å²) < 4.78 is 21.4. The van der Waals surface area contributed by atoms with E-state index in [1.54, 1.807) is 0 Å². The minimum Gasteiger partial charge on any atom is -0.381 e. The Bertz CT molecular complexity index is 522. The summed E-state index contributed by atoms with van der Waals surface area (Å²) in [6.45, 7) is 34.3. The number of unbranched alkanes of at least 4 members (excludes halogenated alkanes) is 3. The first-order valence-corrected chi connectivity index (χ1v) is 21.9. The van der Waals surface area contributed by atoms with Crippen LogP contribution < -0.4 is 26.6 Å². The standard InChI is InChI=1S/C10H23NO2.C10H23N.2C9H21NO.C6H15N/c1-10(2)4-6-12-8-9-13-7-5-11-3;1-10(2)8-6-4-5-7-9-11-3;1-9(2)5-8-11-7-4-6-10-3;1-9(2)5-4-7-11-8-6-10-3;1-6(2)4-5-7-3/h10-11H,4-9H2,1-3H3;10-11H,4-9H2,1-3H3;2*9-10H,4-8H2,1-3H3;6-7H,4-5H2,1-3H3. The van der Waals surface area contributed by atoms with Gasteiger partial charge in [0.15, 0.2) is 0 Å². The lowest BCUT2D eigenvalue weighted by atomic mass is 10.0. The number of ether oxygens (including phenoxy) is 4. The van der Waals surface area contributed by atoms with E-state index < -0.39 is 0 Å². The Kier molecular flexibility index (Phi) is 68.1. The largest absolute Gasteiger partial charge is 0.381 e. The molecule has 0 fully saturated rings. The fourth-order valence-corrected chi connectivity index (χ4v) is 4.10. The Morgan fingerprint density at radius 1 is 0.264 bits per heavy atom. The molecule has 0 radical (unpaired) electrons. The van der Waals surface area contributed by atoms with Crippen LogP contribution in [0.15, 0.2) is 0 Å². The summed E-state index contributed by atoms with van der Waals surface area (Å²) in [5.74, 6) is 4.03. The fourth-order valence-electron chi connectivity index (χ4n) is 4.10. The lowest BCUT2D eigenvalue weighted by Crippen LogP contribution is -2.16. The van der Waals surface area contributed by atoms with Gasteiger partial charge in [0, 0.05) is 39.5 Å². The van der Waals surface area contributed by atoms with E-state index in [0.29, 0.717) is 6.61 Å². The van der Waals surface area contributed by atoms with Crippen molar-refractivity contribution in [2.24, 2.45) is 29.6 Å². The molecular formula is C44H103N5O4. The summed E-state index contributed by atoms with van der Waals surface area (Å²) in [5, 5.41) is 15.4. The zero-order valence-electron chi connectivity index (χ0n) is 39.0. The van der Waals surface area contributed by atoms with Crippen molar-refractivity contribution in [2.75, 3.05) is 121 Å². The first kappa shape index (κ1) is 61.9. The molecule has 0 saturated heterocycles. The molecule has 328 valence electrons. The van der Waals surface area contributed by atoms with Crippen molar-refractivity contribution >= 4 is 0 Å². The lowest BCUT2D eigenvalue weighted by molar-refractivity contribution is 0.0454. The molecule has 0 aromatic heterocycles. The summed E-state index contributed by atoms with van der Waals surface area (Å²) in [5.41, 5.74) is 0. The monoisotopic (exact) mass is 766 g/mol. The van der Waals surface area contributed by atoms with Crippen molar-refractivity contribution < 1.29 is 18.9 Å². The third kappa shape index (κ3) is 89.8. The van der Waals surface area contributed by atoms with Crippen LogP contribution in [0, 0.1) is 29.6 Å². The Morgan fingerprint density at radius 3 is 1.02 bits per heavy atom. The number of hydrogen-bond donors (Lipinski definition) is 5. The Morgan fingerprint density at radius 2 is 0.604 bits per heavy atom. The van der Waals surface area contributed by atoms with Crippen molar-refractivity contribution in [1.82, 2.24) is 26.6 Å². The van der Waals surface area contributed by atoms with E-state index in [1.165, 1.54) is 64.3 Å². The van der Waals surface area contributed by atoms with E-state index in [9.17, 15) is 0 Å². The van der Waals surface area contributed by atoms with Gasteiger partial charge in [0.25, 0.3) is 0 Å². The molecule has 53 heavy (non-hydrogen) atoms. The number of hydrogen-bond acceptors (Lipinski definition) is 9. The molecule has 9 nitrogen and oxygen atoms in total. The van der Waals surface area contributed by atoms with E-state index in [4.69, 9.17) is 18.9 Å². The van der Waals surface area contributed by atoms with Gasteiger partial charge in [0.2, 0.25) is 0 Å². The molecule has 0 spiro atoms. The van der Waals surface area contributed by atoms with Crippen LogP contribution in [0.5, 0.6) is 0 Å². The summed E-state index contributed by atoms with van der Waals surface area (Å²) in [6, 6.07) is 0. The van der Waals surface area contributed by atoms with Gasteiger partial charge in [-0.05, 0) is 129 Å². The average molecular weight is 766 g/mol. The molecule has 9 heteroatoms. The van der Waals surface area contributed by atoms with Gasteiger partial charge in [-0.1, -0.05) is 94.9 Å². The van der Waals surface area contributed by atoms with Gasteiger partial charge < -0.3 is 45.5 Å². The van der Waals surface area contributed by atoms with E-state index in [2.05, 4.69) is 95.8 Å². The van der Waals surface area contributed by atoms with Crippen LogP contribution in [0.3, 0.4) is 0 Å². The second-order valence-corrected chi connectivity index (χ2v) is 16.0. The first-order chi connectivity index (χ1) is 25.4. The third-order valence-electron chi connectivity index (χ3n) is 7.76. The van der Waals surface area contributed by atoms with E-state index in [0.717, 1.165) is 115 Å². The zero-order chi connectivity index (χ0) is 41.2. The minimum absolute atomic E-state index is 0.708. The molecule has 0 aliphatic carbocycles. The van der Waals surface area contributed by atoms with E-state index in [1.807, 2.05) is 35.2 Å². The van der Waals surface area contributed by atoms with Crippen LogP contribution in [0.1, 0.15) is 140 Å². The molecule has 0 atom stereocenters. The fraction of sp³-hybridized carbons (Fsp3) is 1.00. The molecule has 0 saturated carbocycles. The quantitative estimate of drug-likeness (QED) is 0.0421. The van der Waals surface area contributed by atoms with Crippen LogP contribution in [-0.4, -0.2) is 121 Å². The van der Waals surface area contributed by atoms with Crippen molar-refractivity contribution in [3.05, 3.63) is 0 Å². The van der Waals surface area contributed by atoms with Crippen LogP contribution in [0.2, 0.25) is 0 Å². The number of rotatable bonds is 33. The van der Waals surface area contributed by atoms with E-state index in [-0.39, 0.29) is 0 Å². The van der Waals surface area contributed by atoms with Gasteiger partial charge in [-0.15, -0.1) is 0 Å². The molecule has 0 bridgehead atoms. The Balaban J connectivity index is -0.000000183. The molecule has 5 N–H and O–H groups in total. The summed E-state index contributed by atoms with van der Waals surface area (Å²) in [4.78, 5) is 0. The molecular weight excluding hydrogens is 663 g/mol. The maximum absolute atomic E-state index is 5.41. The first-order valence-electron chi connectivity index (χ1n) is 21.9. The molecule has 0 heterocycles. The predicted octanol–water partition coefficient (Wildman–Crippen LogP) is 8.67. The second-order valence-electron chi connectivity index (χ2n) is 16.0. The molecule has 0 rings (SSSR count).